The molecule has 0 bridgehead atoms. The zero-order valence-corrected chi connectivity index (χ0v) is 18.0. The highest BCUT2D eigenvalue weighted by Gasteiger charge is 2.28. The Bertz CT molecular complexity index is 1140. The summed E-state index contributed by atoms with van der Waals surface area (Å²) in [5, 5.41) is 0. The summed E-state index contributed by atoms with van der Waals surface area (Å²) in [4.78, 5) is 0. The van der Waals surface area contributed by atoms with Crippen LogP contribution in [-0.2, 0) is 25.9 Å². The van der Waals surface area contributed by atoms with Gasteiger partial charge in [-0.25, -0.2) is 4.39 Å². The molecule has 0 fully saturated rings. The van der Waals surface area contributed by atoms with Gasteiger partial charge in [-0.05, 0) is 48.1 Å². The number of hydrogen-bond acceptors (Lipinski definition) is 2. The van der Waals surface area contributed by atoms with E-state index in [1.54, 1.807) is 18.2 Å². The first-order valence-corrected chi connectivity index (χ1v) is 10.8. The number of ether oxygens (including phenoxy) is 2. The number of benzene rings is 3. The Morgan fingerprint density at radius 2 is 1.62 bits per heavy atom. The second kappa shape index (κ2) is 9.51. The monoisotopic (exact) mass is 438 g/mol. The normalized spacial score (nSPS) is 12.0. The molecular weight excluding hydrogens is 413 g/mol. The highest BCUT2D eigenvalue weighted by Crippen LogP contribution is 2.43. The van der Waals surface area contributed by atoms with Crippen LogP contribution in [0.5, 0.6) is 17.2 Å². The van der Waals surface area contributed by atoms with Gasteiger partial charge in [-0.1, -0.05) is 49.8 Å². The number of aryl methyl sites for hydroxylation is 2. The Hall–Kier alpha value is -3.21. The highest BCUT2D eigenvalue weighted by molar-refractivity contribution is 5.54. The van der Waals surface area contributed by atoms with Crippen molar-refractivity contribution < 1.29 is 22.6 Å². The minimum absolute atomic E-state index is 0.00594. The van der Waals surface area contributed by atoms with Crippen LogP contribution in [0.4, 0.5) is 13.2 Å². The van der Waals surface area contributed by atoms with Gasteiger partial charge >= 0.3 is 0 Å². The van der Waals surface area contributed by atoms with Crippen LogP contribution >= 0.6 is 0 Å². The molecule has 0 radical (unpaired) electrons. The quantitative estimate of drug-likeness (QED) is 0.266. The van der Waals surface area contributed by atoms with Crippen molar-refractivity contribution in [3.05, 3.63) is 100 Å². The molecule has 32 heavy (non-hydrogen) atoms. The summed E-state index contributed by atoms with van der Waals surface area (Å²) in [7, 11) is 0. The Morgan fingerprint density at radius 3 is 2.34 bits per heavy atom. The number of rotatable bonds is 8. The number of hydrogen-bond donors (Lipinski definition) is 0. The first-order valence-electron chi connectivity index (χ1n) is 10.8. The SMILES string of the molecule is C=CCCc1ccc(COc2ccc3c(c2F)Oc2c(cc(CCC)c(F)c2F)C3)cc1. The largest absolute Gasteiger partial charge is 0.486 e. The van der Waals surface area contributed by atoms with Crippen molar-refractivity contribution in [3.63, 3.8) is 0 Å². The Balaban J connectivity index is 1.52. The van der Waals surface area contributed by atoms with Crippen LogP contribution in [0, 0.1) is 17.5 Å². The minimum Gasteiger partial charge on any atom is -0.486 e. The van der Waals surface area contributed by atoms with E-state index < -0.39 is 17.5 Å². The maximum absolute atomic E-state index is 15.1. The van der Waals surface area contributed by atoms with Crippen molar-refractivity contribution >= 4 is 0 Å². The molecule has 1 aliphatic rings. The number of fused-ring (bicyclic) bond motifs is 2. The lowest BCUT2D eigenvalue weighted by Gasteiger charge is -2.23. The van der Waals surface area contributed by atoms with Crippen molar-refractivity contribution in [3.8, 4) is 17.2 Å². The molecule has 0 N–H and O–H groups in total. The molecule has 0 unspecified atom stereocenters. The summed E-state index contributed by atoms with van der Waals surface area (Å²) in [5.74, 6) is -3.07. The van der Waals surface area contributed by atoms with Gasteiger partial charge in [0.05, 0.1) is 0 Å². The lowest BCUT2D eigenvalue weighted by Crippen LogP contribution is -2.10. The van der Waals surface area contributed by atoms with Crippen LogP contribution in [0.2, 0.25) is 0 Å². The van der Waals surface area contributed by atoms with E-state index in [-0.39, 0.29) is 30.3 Å². The molecule has 1 heterocycles. The van der Waals surface area contributed by atoms with Crippen LogP contribution in [0.1, 0.15) is 47.6 Å². The van der Waals surface area contributed by atoms with Crippen LogP contribution < -0.4 is 9.47 Å². The summed E-state index contributed by atoms with van der Waals surface area (Å²) in [6.07, 6.45) is 5.09. The fourth-order valence-corrected chi connectivity index (χ4v) is 3.89. The molecule has 0 saturated carbocycles. The van der Waals surface area contributed by atoms with E-state index in [1.165, 1.54) is 5.56 Å². The third-order valence-electron chi connectivity index (χ3n) is 5.62. The van der Waals surface area contributed by atoms with E-state index in [1.807, 2.05) is 37.3 Å². The van der Waals surface area contributed by atoms with E-state index in [0.717, 1.165) is 18.4 Å². The van der Waals surface area contributed by atoms with Crippen LogP contribution in [-0.4, -0.2) is 0 Å². The van der Waals surface area contributed by atoms with Crippen molar-refractivity contribution in [2.24, 2.45) is 0 Å². The molecule has 0 saturated heterocycles. The zero-order valence-electron chi connectivity index (χ0n) is 18.0. The van der Waals surface area contributed by atoms with Gasteiger partial charge in [-0.15, -0.1) is 6.58 Å². The van der Waals surface area contributed by atoms with Crippen molar-refractivity contribution in [1.82, 2.24) is 0 Å². The average molecular weight is 438 g/mol. The standard InChI is InChI=1S/C27H25F3O2/c1-3-5-7-17-8-10-18(11-9-17)16-31-22-13-12-20-15-21-14-19(6-4-2)23(28)25(30)27(21)32-26(20)24(22)29/h3,8-14H,1,4-7,15-16H2,2H3. The van der Waals surface area contributed by atoms with Gasteiger partial charge in [0.25, 0.3) is 0 Å². The molecule has 0 aromatic heterocycles. The van der Waals surface area contributed by atoms with Gasteiger partial charge in [-0.3, -0.25) is 0 Å². The zero-order chi connectivity index (χ0) is 22.7. The topological polar surface area (TPSA) is 18.5 Å². The molecule has 5 heteroatoms. The molecule has 1 aliphatic heterocycles. The molecule has 0 spiro atoms. The third kappa shape index (κ3) is 4.38. The van der Waals surface area contributed by atoms with E-state index in [2.05, 4.69) is 6.58 Å². The molecule has 3 aromatic rings. The fourth-order valence-electron chi connectivity index (χ4n) is 3.89. The van der Waals surface area contributed by atoms with E-state index in [0.29, 0.717) is 29.5 Å². The molecule has 0 atom stereocenters. The summed E-state index contributed by atoms with van der Waals surface area (Å²) < 4.78 is 55.3. The van der Waals surface area contributed by atoms with Crippen molar-refractivity contribution in [2.75, 3.05) is 0 Å². The fraction of sp³-hybridized carbons (Fsp3) is 0.259. The van der Waals surface area contributed by atoms with E-state index in [4.69, 9.17) is 9.47 Å². The van der Waals surface area contributed by atoms with Gasteiger partial charge in [0.2, 0.25) is 11.6 Å². The molecule has 166 valence electrons. The smallest absolute Gasteiger partial charge is 0.207 e. The second-order valence-electron chi connectivity index (χ2n) is 7.98. The predicted molar refractivity (Wildman–Crippen MR) is 119 cm³/mol. The third-order valence-corrected chi connectivity index (χ3v) is 5.62. The van der Waals surface area contributed by atoms with Gasteiger partial charge in [0, 0.05) is 17.5 Å². The summed E-state index contributed by atoms with van der Waals surface area (Å²) in [6.45, 7) is 5.80. The van der Waals surface area contributed by atoms with E-state index >= 15 is 4.39 Å². The second-order valence-corrected chi connectivity index (χ2v) is 7.98. The molecule has 3 aromatic carbocycles. The molecule has 0 aliphatic carbocycles. The number of halogens is 3. The summed E-state index contributed by atoms with van der Waals surface area (Å²) in [6, 6.07) is 12.8. The summed E-state index contributed by atoms with van der Waals surface area (Å²) in [5.41, 5.74) is 3.49. The minimum atomic E-state index is -1.07. The molecule has 0 amide bonds. The van der Waals surface area contributed by atoms with E-state index in [9.17, 15) is 8.78 Å². The molecule has 2 nitrogen and oxygen atoms in total. The van der Waals surface area contributed by atoms with Crippen LogP contribution in [0.25, 0.3) is 0 Å². The number of allylic oxidation sites excluding steroid dienone is 1. The van der Waals surface area contributed by atoms with Crippen molar-refractivity contribution in [1.29, 1.82) is 0 Å². The lowest BCUT2D eigenvalue weighted by atomic mass is 9.96. The Morgan fingerprint density at radius 1 is 0.906 bits per heavy atom. The predicted octanol–water partition coefficient (Wildman–Crippen LogP) is 7.45. The summed E-state index contributed by atoms with van der Waals surface area (Å²) >= 11 is 0. The maximum Gasteiger partial charge on any atom is 0.207 e. The van der Waals surface area contributed by atoms with Crippen LogP contribution in [0.15, 0.2) is 55.1 Å². The first-order chi connectivity index (χ1) is 15.5. The Labute approximate surface area is 186 Å². The maximum atomic E-state index is 15.1. The van der Waals surface area contributed by atoms with Gasteiger partial charge in [0.15, 0.2) is 23.1 Å². The van der Waals surface area contributed by atoms with Gasteiger partial charge in [-0.2, -0.15) is 8.78 Å². The molecule has 4 rings (SSSR count). The average Bonchev–Trinajstić information content (AvgIpc) is 2.81. The van der Waals surface area contributed by atoms with Crippen molar-refractivity contribution in [2.45, 2.75) is 45.6 Å². The Kier molecular flexibility index (Phi) is 6.54. The highest BCUT2D eigenvalue weighted by atomic mass is 19.2. The first kappa shape index (κ1) is 22.0. The van der Waals surface area contributed by atoms with Gasteiger partial charge in [0.1, 0.15) is 6.61 Å². The lowest BCUT2D eigenvalue weighted by molar-refractivity contribution is 0.282. The van der Waals surface area contributed by atoms with Crippen LogP contribution in [0.3, 0.4) is 0 Å². The van der Waals surface area contributed by atoms with Gasteiger partial charge < -0.3 is 9.47 Å². The molecular formula is C27H25F3O2.